The molecule has 0 heterocycles. The Labute approximate surface area is 496 Å². The third-order valence-electron chi connectivity index (χ3n) is 17.7. The molecule has 0 spiro atoms. The zero-order valence-electron chi connectivity index (χ0n) is 54.2. The molecule has 0 bridgehead atoms. The molecule has 0 aromatic heterocycles. The van der Waals surface area contributed by atoms with E-state index in [1.54, 1.807) is 0 Å². The highest BCUT2D eigenvalue weighted by molar-refractivity contribution is 5.76. The Hall–Kier alpha value is -1.14. The van der Waals surface area contributed by atoms with Gasteiger partial charge in [0, 0.05) is 12.8 Å². The summed E-state index contributed by atoms with van der Waals surface area (Å²) in [5.74, 6) is -0.00134. The molecule has 0 fully saturated rings. The van der Waals surface area contributed by atoms with E-state index in [1.807, 2.05) is 0 Å². The number of rotatable bonds is 70. The predicted octanol–water partition coefficient (Wildman–Crippen LogP) is 23.8. The molecule has 0 aromatic carbocycles. The standard InChI is InChI=1S/C73H145NO5/c1-3-5-7-9-11-13-14-15-16-17-38-41-44-47-51-55-59-63-67-73(78)79-68-64-60-56-52-48-45-42-39-36-34-32-30-28-26-24-22-20-18-19-21-23-25-27-29-31-33-35-37-40-43-46-50-54-58-62-66-72(77)74-70(69-75)71(76)65-61-57-53-49-12-10-8-6-4-2/h70-71,75-76H,3-69H2,1-2H3,(H,74,77). The normalized spacial score (nSPS) is 12.4. The van der Waals surface area contributed by atoms with E-state index in [1.165, 1.54) is 360 Å². The first kappa shape index (κ1) is 77.9. The minimum atomic E-state index is -0.657. The van der Waals surface area contributed by atoms with E-state index in [0.29, 0.717) is 25.9 Å². The number of aliphatic hydroxyl groups excluding tert-OH is 2. The molecule has 0 aliphatic carbocycles. The number of esters is 1. The van der Waals surface area contributed by atoms with Crippen LogP contribution in [0.1, 0.15) is 431 Å². The van der Waals surface area contributed by atoms with Crippen molar-refractivity contribution in [3.63, 3.8) is 0 Å². The first-order valence-electron chi connectivity index (χ1n) is 36.8. The van der Waals surface area contributed by atoms with Crippen LogP contribution in [-0.2, 0) is 14.3 Å². The van der Waals surface area contributed by atoms with Gasteiger partial charge in [-0.15, -0.1) is 0 Å². The highest BCUT2D eigenvalue weighted by atomic mass is 16.5. The maximum atomic E-state index is 12.4. The summed E-state index contributed by atoms with van der Waals surface area (Å²) in [4.78, 5) is 24.5. The molecule has 0 rings (SSSR count). The Bertz CT molecular complexity index is 1150. The van der Waals surface area contributed by atoms with Gasteiger partial charge in [0.15, 0.2) is 0 Å². The van der Waals surface area contributed by atoms with Crippen LogP contribution in [0.25, 0.3) is 0 Å². The van der Waals surface area contributed by atoms with Gasteiger partial charge in [-0.25, -0.2) is 0 Å². The minimum absolute atomic E-state index is 0.0281. The van der Waals surface area contributed by atoms with Crippen molar-refractivity contribution in [1.82, 2.24) is 5.32 Å². The molecular weight excluding hydrogens is 971 g/mol. The number of amides is 1. The minimum Gasteiger partial charge on any atom is -0.466 e. The maximum Gasteiger partial charge on any atom is 0.305 e. The fraction of sp³-hybridized carbons (Fsp3) is 0.973. The lowest BCUT2D eigenvalue weighted by Crippen LogP contribution is -2.45. The Morgan fingerprint density at radius 2 is 0.519 bits per heavy atom. The number of nitrogens with one attached hydrogen (secondary N) is 1. The van der Waals surface area contributed by atoms with Crippen LogP contribution in [0.2, 0.25) is 0 Å². The molecule has 0 aliphatic rings. The Balaban J connectivity index is 3.25. The van der Waals surface area contributed by atoms with Gasteiger partial charge in [-0.3, -0.25) is 9.59 Å². The summed E-state index contributed by atoms with van der Waals surface area (Å²) in [7, 11) is 0. The first-order chi connectivity index (χ1) is 39.0. The van der Waals surface area contributed by atoms with Crippen LogP contribution in [0.5, 0.6) is 0 Å². The topological polar surface area (TPSA) is 95.9 Å². The molecule has 3 N–H and O–H groups in total. The zero-order chi connectivity index (χ0) is 57.1. The highest BCUT2D eigenvalue weighted by Gasteiger charge is 2.20. The number of ether oxygens (including phenoxy) is 1. The third kappa shape index (κ3) is 65.9. The van der Waals surface area contributed by atoms with E-state index in [0.717, 1.165) is 38.5 Å². The smallest absolute Gasteiger partial charge is 0.305 e. The summed E-state index contributed by atoms with van der Waals surface area (Å²) < 4.78 is 5.52. The van der Waals surface area contributed by atoms with Gasteiger partial charge < -0.3 is 20.3 Å². The molecule has 0 saturated heterocycles. The summed E-state index contributed by atoms with van der Waals surface area (Å²) in [6, 6.07) is -0.534. The average Bonchev–Trinajstić information content (AvgIpc) is 3.45. The molecule has 0 saturated carbocycles. The van der Waals surface area contributed by atoms with E-state index in [4.69, 9.17) is 4.74 Å². The molecular formula is C73H145NO5. The number of carbonyl (C=O) groups is 2. The van der Waals surface area contributed by atoms with Crippen LogP contribution in [0.4, 0.5) is 0 Å². The van der Waals surface area contributed by atoms with Gasteiger partial charge in [0.25, 0.3) is 0 Å². The monoisotopic (exact) mass is 1120 g/mol. The maximum absolute atomic E-state index is 12.4. The van der Waals surface area contributed by atoms with Crippen molar-refractivity contribution in [2.24, 2.45) is 0 Å². The van der Waals surface area contributed by atoms with Crippen molar-refractivity contribution in [2.45, 2.75) is 443 Å². The van der Waals surface area contributed by atoms with Crippen molar-refractivity contribution in [2.75, 3.05) is 13.2 Å². The van der Waals surface area contributed by atoms with Gasteiger partial charge in [0.05, 0.1) is 25.4 Å². The van der Waals surface area contributed by atoms with E-state index in [-0.39, 0.29) is 18.5 Å². The summed E-state index contributed by atoms with van der Waals surface area (Å²) in [6.07, 6.45) is 84.8. The van der Waals surface area contributed by atoms with Crippen molar-refractivity contribution in [1.29, 1.82) is 0 Å². The SMILES string of the molecule is CCCCCCCCCCCCCCCCCCCCC(=O)OCCCCCCCCCCCCCCCCCCCCCCCCCCCCCCCCCCCCCC(=O)NC(CO)C(O)CCCCCCCCCCC. The van der Waals surface area contributed by atoms with Crippen LogP contribution in [0.15, 0.2) is 0 Å². The molecule has 0 aromatic rings. The van der Waals surface area contributed by atoms with E-state index in [9.17, 15) is 19.8 Å². The van der Waals surface area contributed by atoms with Gasteiger partial charge in [-0.1, -0.05) is 393 Å². The first-order valence-corrected chi connectivity index (χ1v) is 36.8. The molecule has 2 unspecified atom stereocenters. The number of aliphatic hydroxyl groups is 2. The predicted molar refractivity (Wildman–Crippen MR) is 347 cm³/mol. The second-order valence-electron chi connectivity index (χ2n) is 25.6. The van der Waals surface area contributed by atoms with Crippen molar-refractivity contribution < 1.29 is 24.5 Å². The fourth-order valence-corrected chi connectivity index (χ4v) is 12.1. The van der Waals surface area contributed by atoms with E-state index in [2.05, 4.69) is 19.2 Å². The van der Waals surface area contributed by atoms with Crippen molar-refractivity contribution in [3.8, 4) is 0 Å². The van der Waals surface area contributed by atoms with Crippen LogP contribution in [0.3, 0.4) is 0 Å². The summed E-state index contributed by atoms with van der Waals surface area (Å²) >= 11 is 0. The van der Waals surface area contributed by atoms with Crippen LogP contribution < -0.4 is 5.32 Å². The Kier molecular flexibility index (Phi) is 68.4. The molecule has 79 heavy (non-hydrogen) atoms. The van der Waals surface area contributed by atoms with Gasteiger partial charge in [0.2, 0.25) is 5.91 Å². The van der Waals surface area contributed by atoms with Gasteiger partial charge in [0.1, 0.15) is 0 Å². The lowest BCUT2D eigenvalue weighted by atomic mass is 10.0. The van der Waals surface area contributed by atoms with Gasteiger partial charge >= 0.3 is 5.97 Å². The molecule has 2 atom stereocenters. The summed E-state index contributed by atoms with van der Waals surface area (Å²) in [5, 5.41) is 23.2. The Morgan fingerprint density at radius 1 is 0.304 bits per heavy atom. The quantitative estimate of drug-likeness (QED) is 0.0417. The number of hydrogen-bond donors (Lipinski definition) is 3. The second kappa shape index (κ2) is 69.4. The van der Waals surface area contributed by atoms with E-state index < -0.39 is 12.1 Å². The number of hydrogen-bond acceptors (Lipinski definition) is 5. The highest BCUT2D eigenvalue weighted by Crippen LogP contribution is 2.20. The second-order valence-corrected chi connectivity index (χ2v) is 25.6. The summed E-state index contributed by atoms with van der Waals surface area (Å²) in [6.45, 7) is 4.98. The molecule has 1 amide bonds. The van der Waals surface area contributed by atoms with Crippen LogP contribution in [0, 0.1) is 0 Å². The molecule has 6 heteroatoms. The van der Waals surface area contributed by atoms with Crippen LogP contribution in [-0.4, -0.2) is 47.4 Å². The molecule has 6 nitrogen and oxygen atoms in total. The van der Waals surface area contributed by atoms with Gasteiger partial charge in [-0.2, -0.15) is 0 Å². The van der Waals surface area contributed by atoms with Crippen LogP contribution >= 0.6 is 0 Å². The van der Waals surface area contributed by atoms with E-state index >= 15 is 0 Å². The lowest BCUT2D eigenvalue weighted by molar-refractivity contribution is -0.143. The fourth-order valence-electron chi connectivity index (χ4n) is 12.1. The van der Waals surface area contributed by atoms with Crippen molar-refractivity contribution >= 4 is 11.9 Å². The average molecular weight is 1120 g/mol. The molecule has 0 radical (unpaired) electrons. The Morgan fingerprint density at radius 3 is 0.772 bits per heavy atom. The third-order valence-corrected chi connectivity index (χ3v) is 17.7. The largest absolute Gasteiger partial charge is 0.466 e. The number of unbranched alkanes of at least 4 members (excludes halogenated alkanes) is 59. The van der Waals surface area contributed by atoms with Crippen molar-refractivity contribution in [3.05, 3.63) is 0 Å². The lowest BCUT2D eigenvalue weighted by Gasteiger charge is -2.22. The summed E-state index contributed by atoms with van der Waals surface area (Å²) in [5.41, 5.74) is 0. The zero-order valence-corrected chi connectivity index (χ0v) is 54.2. The molecule has 0 aliphatic heterocycles. The van der Waals surface area contributed by atoms with Gasteiger partial charge in [-0.05, 0) is 25.7 Å². The number of carbonyl (C=O) groups excluding carboxylic acids is 2. The molecule has 472 valence electrons.